The first kappa shape index (κ1) is 24.5. The number of thiophene rings is 1. The van der Waals surface area contributed by atoms with Gasteiger partial charge in [0.2, 0.25) is 5.78 Å². The van der Waals surface area contributed by atoms with Crippen molar-refractivity contribution < 1.29 is 36.0 Å². The lowest BCUT2D eigenvalue weighted by molar-refractivity contribution is -0.938. The van der Waals surface area contributed by atoms with Crippen molar-refractivity contribution in [2.75, 3.05) is 26.2 Å². The molecule has 0 aliphatic carbocycles. The summed E-state index contributed by atoms with van der Waals surface area (Å²) in [6.45, 7) is 3.08. The standard InChI is InChI=1S/C27H28NO4S.ClH/c29-23(25-12-7-17-33-25)18-28-15-13-20(14-16-28)24(19-28)31-27(30)32-26(21-8-3-1-4-9-21)22-10-5-2-6-11-22;/h1-12,17,20,24,26H,13-16,18-19H2;1H/q+1;/p-1/t20?,24-,28?;/m0./s1. The average molecular weight is 498 g/mol. The van der Waals surface area contributed by atoms with Gasteiger partial charge in [-0.25, -0.2) is 4.79 Å². The molecule has 4 heterocycles. The third-order valence-corrected chi connectivity index (χ3v) is 7.89. The number of quaternary nitrogens is 1. The Bertz CT molecular complexity index is 1040. The molecule has 0 N–H and O–H groups in total. The SMILES string of the molecule is O=C(OC(c1ccccc1)c1ccccc1)O[C@H]1C[N+]2(CC(=O)c3cccs3)CCC1CC2.[Cl-]. The van der Waals surface area contributed by atoms with Crippen LogP contribution in [0.4, 0.5) is 4.79 Å². The summed E-state index contributed by atoms with van der Waals surface area (Å²) in [6.07, 6.45) is 0.550. The van der Waals surface area contributed by atoms with Crippen LogP contribution in [0.15, 0.2) is 78.2 Å². The average Bonchev–Trinajstić information content (AvgIpc) is 3.40. The Morgan fingerprint density at radius 3 is 2.09 bits per heavy atom. The Kier molecular flexibility index (Phi) is 7.71. The van der Waals surface area contributed by atoms with E-state index in [0.29, 0.717) is 23.5 Å². The highest BCUT2D eigenvalue weighted by Gasteiger charge is 2.49. The number of hydrogen-bond acceptors (Lipinski definition) is 5. The Hall–Kier alpha value is -2.67. The van der Waals surface area contributed by atoms with Crippen LogP contribution in [0.5, 0.6) is 0 Å². The third-order valence-electron chi connectivity index (χ3n) is 6.98. The number of Topliss-reactive ketones (excluding diaryl/α,β-unsaturated/α-hetero) is 1. The number of ketones is 1. The highest BCUT2D eigenvalue weighted by Crippen LogP contribution is 2.36. The maximum Gasteiger partial charge on any atom is 0.509 e. The molecule has 3 saturated heterocycles. The van der Waals surface area contributed by atoms with Crippen molar-refractivity contribution in [2.24, 2.45) is 5.92 Å². The van der Waals surface area contributed by atoms with Gasteiger partial charge in [-0.05, 0) is 22.6 Å². The quantitative estimate of drug-likeness (QED) is 0.286. The van der Waals surface area contributed by atoms with Crippen LogP contribution in [0.1, 0.15) is 39.7 Å². The summed E-state index contributed by atoms with van der Waals surface area (Å²) in [5, 5.41) is 1.94. The van der Waals surface area contributed by atoms with Crippen molar-refractivity contribution in [3.63, 3.8) is 0 Å². The molecule has 1 atom stereocenters. The van der Waals surface area contributed by atoms with E-state index in [1.54, 1.807) is 0 Å². The summed E-state index contributed by atoms with van der Waals surface area (Å²) < 4.78 is 12.5. The smallest absolute Gasteiger partial charge is 0.509 e. The largest absolute Gasteiger partial charge is 1.00 e. The molecule has 3 aliphatic rings. The summed E-state index contributed by atoms with van der Waals surface area (Å²) in [4.78, 5) is 26.6. The number of piperidine rings is 3. The zero-order valence-corrected chi connectivity index (χ0v) is 20.4. The van der Waals surface area contributed by atoms with E-state index in [4.69, 9.17) is 9.47 Å². The molecule has 178 valence electrons. The molecule has 1 aromatic heterocycles. The molecule has 0 unspecified atom stereocenters. The first-order valence-corrected chi connectivity index (χ1v) is 12.4. The van der Waals surface area contributed by atoms with Gasteiger partial charge in [0.25, 0.3) is 0 Å². The maximum absolute atomic E-state index is 12.9. The molecule has 3 aromatic rings. The number of ether oxygens (including phenoxy) is 2. The normalized spacial score (nSPS) is 23.2. The second kappa shape index (κ2) is 10.7. The summed E-state index contributed by atoms with van der Waals surface area (Å²) in [6, 6.07) is 23.2. The molecule has 0 amide bonds. The third kappa shape index (κ3) is 5.35. The monoisotopic (exact) mass is 497 g/mol. The minimum absolute atomic E-state index is 0. The summed E-state index contributed by atoms with van der Waals surface area (Å²) in [5.74, 6) is 0.515. The van der Waals surface area contributed by atoms with Crippen LogP contribution in [-0.2, 0) is 9.47 Å². The van der Waals surface area contributed by atoms with E-state index in [1.807, 2.05) is 78.2 Å². The fourth-order valence-corrected chi connectivity index (χ4v) is 5.89. The highest BCUT2D eigenvalue weighted by molar-refractivity contribution is 7.12. The zero-order chi connectivity index (χ0) is 22.7. The first-order chi connectivity index (χ1) is 16.1. The molecule has 0 saturated carbocycles. The Morgan fingerprint density at radius 1 is 0.912 bits per heavy atom. The van der Waals surface area contributed by atoms with Crippen LogP contribution in [0, 0.1) is 5.92 Å². The maximum atomic E-state index is 12.9. The molecular weight excluding hydrogens is 470 g/mol. The van der Waals surface area contributed by atoms with Crippen molar-refractivity contribution in [3.05, 3.63) is 94.2 Å². The van der Waals surface area contributed by atoms with Crippen molar-refractivity contribution in [1.82, 2.24) is 0 Å². The van der Waals surface area contributed by atoms with E-state index in [-0.39, 0.29) is 24.3 Å². The number of carbonyl (C=O) groups is 2. The van der Waals surface area contributed by atoms with E-state index in [1.165, 1.54) is 11.3 Å². The molecule has 0 spiro atoms. The van der Waals surface area contributed by atoms with Gasteiger partial charge in [0, 0.05) is 18.8 Å². The molecule has 6 rings (SSSR count). The van der Waals surface area contributed by atoms with Crippen LogP contribution < -0.4 is 12.4 Å². The number of hydrogen-bond donors (Lipinski definition) is 0. The molecule has 2 aromatic carbocycles. The second-order valence-electron chi connectivity index (χ2n) is 9.09. The number of halogens is 1. The Balaban J connectivity index is 0.00000274. The number of rotatable bonds is 7. The Morgan fingerprint density at radius 2 is 1.53 bits per heavy atom. The number of benzene rings is 2. The molecule has 2 bridgehead atoms. The number of fused-ring (bicyclic) bond motifs is 3. The van der Waals surface area contributed by atoms with E-state index >= 15 is 0 Å². The summed E-state index contributed by atoms with van der Waals surface area (Å²) >= 11 is 1.49. The van der Waals surface area contributed by atoms with Crippen LogP contribution >= 0.6 is 11.3 Å². The van der Waals surface area contributed by atoms with Crippen molar-refractivity contribution in [2.45, 2.75) is 25.0 Å². The van der Waals surface area contributed by atoms with Gasteiger partial charge in [0.1, 0.15) is 13.1 Å². The van der Waals surface area contributed by atoms with Gasteiger partial charge < -0.3 is 26.4 Å². The second-order valence-corrected chi connectivity index (χ2v) is 10.0. The van der Waals surface area contributed by atoms with Gasteiger partial charge in [-0.15, -0.1) is 11.3 Å². The molecule has 7 heteroatoms. The van der Waals surface area contributed by atoms with Gasteiger partial charge in [-0.2, -0.15) is 0 Å². The van der Waals surface area contributed by atoms with Crippen molar-refractivity contribution in [3.8, 4) is 0 Å². The highest BCUT2D eigenvalue weighted by atomic mass is 35.5. The van der Waals surface area contributed by atoms with Crippen LogP contribution in [0.2, 0.25) is 0 Å². The van der Waals surface area contributed by atoms with Crippen molar-refractivity contribution in [1.29, 1.82) is 0 Å². The zero-order valence-electron chi connectivity index (χ0n) is 18.8. The number of nitrogens with zero attached hydrogens (tertiary/aromatic N) is 1. The van der Waals surface area contributed by atoms with Gasteiger partial charge in [0.15, 0.2) is 12.2 Å². The Labute approximate surface area is 210 Å². The van der Waals surface area contributed by atoms with Crippen molar-refractivity contribution >= 4 is 23.3 Å². The fourth-order valence-electron chi connectivity index (χ4n) is 5.23. The first-order valence-electron chi connectivity index (χ1n) is 11.5. The van der Waals surface area contributed by atoms with E-state index in [2.05, 4.69) is 0 Å². The van der Waals surface area contributed by atoms with Gasteiger partial charge in [-0.3, -0.25) is 4.79 Å². The van der Waals surface area contributed by atoms with Crippen LogP contribution in [0.3, 0.4) is 0 Å². The summed E-state index contributed by atoms with van der Waals surface area (Å²) in [7, 11) is 0. The topological polar surface area (TPSA) is 52.6 Å². The minimum Gasteiger partial charge on any atom is -1.00 e. The predicted octanol–water partition coefficient (Wildman–Crippen LogP) is 2.49. The molecular formula is C27H28ClNO4S. The summed E-state index contributed by atoms with van der Waals surface area (Å²) in [5.41, 5.74) is 1.80. The fraction of sp³-hybridized carbons (Fsp3) is 0.333. The molecule has 0 radical (unpaired) electrons. The minimum atomic E-state index is -0.644. The van der Waals surface area contributed by atoms with Gasteiger partial charge in [-0.1, -0.05) is 66.7 Å². The molecule has 3 aliphatic heterocycles. The van der Waals surface area contributed by atoms with Crippen LogP contribution in [0.25, 0.3) is 0 Å². The van der Waals surface area contributed by atoms with Gasteiger partial charge >= 0.3 is 6.16 Å². The molecule has 3 fully saturated rings. The van der Waals surface area contributed by atoms with E-state index in [0.717, 1.165) is 41.9 Å². The van der Waals surface area contributed by atoms with E-state index < -0.39 is 12.3 Å². The predicted molar refractivity (Wildman–Crippen MR) is 127 cm³/mol. The van der Waals surface area contributed by atoms with E-state index in [9.17, 15) is 9.59 Å². The van der Waals surface area contributed by atoms with Gasteiger partial charge in [0.05, 0.1) is 18.0 Å². The lowest BCUT2D eigenvalue weighted by Crippen LogP contribution is -3.00. The lowest BCUT2D eigenvalue weighted by atomic mass is 9.83. The van der Waals surface area contributed by atoms with Crippen LogP contribution in [-0.4, -0.2) is 48.7 Å². The lowest BCUT2D eigenvalue weighted by Gasteiger charge is -2.51. The number of carbonyl (C=O) groups excluding carboxylic acids is 2. The molecule has 5 nitrogen and oxygen atoms in total. The molecule has 34 heavy (non-hydrogen) atoms.